The first-order valence-corrected chi connectivity index (χ1v) is 10.7. The van der Waals surface area contributed by atoms with E-state index in [-0.39, 0.29) is 11.7 Å². The Labute approximate surface area is 182 Å². The highest BCUT2D eigenvalue weighted by Crippen LogP contribution is 2.17. The predicted octanol–water partition coefficient (Wildman–Crippen LogP) is 4.36. The summed E-state index contributed by atoms with van der Waals surface area (Å²) in [6.45, 7) is 7.78. The average molecular weight is 425 g/mol. The Morgan fingerprint density at radius 2 is 1.84 bits per heavy atom. The van der Waals surface area contributed by atoms with E-state index in [2.05, 4.69) is 46.3 Å². The van der Waals surface area contributed by atoms with Crippen LogP contribution in [0.25, 0.3) is 11.4 Å². The van der Waals surface area contributed by atoms with E-state index in [9.17, 15) is 9.18 Å². The molecule has 0 spiro atoms. The number of aromatic nitrogens is 2. The Bertz CT molecular complexity index is 968. The van der Waals surface area contributed by atoms with Crippen LogP contribution in [0.4, 0.5) is 4.39 Å². The van der Waals surface area contributed by atoms with E-state index in [0.717, 1.165) is 25.2 Å². The number of halogens is 1. The highest BCUT2D eigenvalue weighted by Gasteiger charge is 2.10. The van der Waals surface area contributed by atoms with Gasteiger partial charge in [0.05, 0.1) is 0 Å². The van der Waals surface area contributed by atoms with Crippen LogP contribution in [-0.2, 0) is 24.3 Å². The van der Waals surface area contributed by atoms with Crippen molar-refractivity contribution in [1.29, 1.82) is 0 Å². The zero-order chi connectivity index (χ0) is 22.1. The maximum atomic E-state index is 13.0. The number of nitrogens with one attached hydrogen (secondary N) is 1. The minimum Gasteiger partial charge on any atom is -0.352 e. The third-order valence-corrected chi connectivity index (χ3v) is 5.15. The maximum absolute atomic E-state index is 13.0. The summed E-state index contributed by atoms with van der Waals surface area (Å²) in [5.41, 5.74) is 3.04. The molecule has 0 aliphatic carbocycles. The zero-order valence-electron chi connectivity index (χ0n) is 18.1. The number of hydrogen-bond donors (Lipinski definition) is 1. The number of aryl methyl sites for hydroxylation is 1. The average Bonchev–Trinajstić information content (AvgIpc) is 3.25. The fourth-order valence-electron chi connectivity index (χ4n) is 3.31. The van der Waals surface area contributed by atoms with E-state index in [4.69, 9.17) is 4.52 Å². The molecule has 2 aromatic carbocycles. The molecular weight excluding hydrogens is 395 g/mol. The SMILES string of the molecule is CCN(CC)Cc1cccc(CNC(=O)CCCc2nc(-c3ccc(F)cc3)no2)c1. The number of rotatable bonds is 11. The van der Waals surface area contributed by atoms with Gasteiger partial charge in [-0.1, -0.05) is 43.3 Å². The van der Waals surface area contributed by atoms with Crippen LogP contribution in [0, 0.1) is 5.82 Å². The first kappa shape index (κ1) is 22.6. The van der Waals surface area contributed by atoms with Crippen molar-refractivity contribution >= 4 is 5.91 Å². The topological polar surface area (TPSA) is 71.3 Å². The third-order valence-electron chi connectivity index (χ3n) is 5.15. The van der Waals surface area contributed by atoms with Gasteiger partial charge in [-0.15, -0.1) is 0 Å². The molecule has 0 saturated heterocycles. The van der Waals surface area contributed by atoms with Gasteiger partial charge in [0.2, 0.25) is 17.6 Å². The molecule has 0 aliphatic rings. The quantitative estimate of drug-likeness (QED) is 0.495. The van der Waals surface area contributed by atoms with E-state index < -0.39 is 0 Å². The summed E-state index contributed by atoms with van der Waals surface area (Å²) in [5.74, 6) is 0.571. The monoisotopic (exact) mass is 424 g/mol. The van der Waals surface area contributed by atoms with Crippen LogP contribution in [0.5, 0.6) is 0 Å². The van der Waals surface area contributed by atoms with E-state index >= 15 is 0 Å². The summed E-state index contributed by atoms with van der Waals surface area (Å²) >= 11 is 0. The van der Waals surface area contributed by atoms with Crippen LogP contribution in [-0.4, -0.2) is 34.0 Å². The van der Waals surface area contributed by atoms with Crippen LogP contribution in [0.3, 0.4) is 0 Å². The lowest BCUT2D eigenvalue weighted by Gasteiger charge is -2.18. The number of carbonyl (C=O) groups is 1. The standard InChI is InChI=1S/C24H29FN4O2/c1-3-29(4-2)17-19-8-5-7-18(15-19)16-26-22(30)9-6-10-23-27-24(28-31-23)20-11-13-21(25)14-12-20/h5,7-8,11-15H,3-4,6,9-10,16-17H2,1-2H3,(H,26,30). The lowest BCUT2D eigenvalue weighted by atomic mass is 10.1. The number of amides is 1. The van der Waals surface area contributed by atoms with E-state index in [1.54, 1.807) is 12.1 Å². The van der Waals surface area contributed by atoms with Crippen molar-refractivity contribution in [3.63, 3.8) is 0 Å². The van der Waals surface area contributed by atoms with Crippen molar-refractivity contribution in [2.45, 2.75) is 46.2 Å². The van der Waals surface area contributed by atoms with Crippen molar-refractivity contribution in [3.05, 3.63) is 71.4 Å². The van der Waals surface area contributed by atoms with Crippen LogP contribution in [0.2, 0.25) is 0 Å². The summed E-state index contributed by atoms with van der Waals surface area (Å²) in [7, 11) is 0. The molecule has 164 valence electrons. The summed E-state index contributed by atoms with van der Waals surface area (Å²) in [6, 6.07) is 14.3. The first-order chi connectivity index (χ1) is 15.1. The highest BCUT2D eigenvalue weighted by atomic mass is 19.1. The second-order valence-corrected chi connectivity index (χ2v) is 7.43. The Balaban J connectivity index is 1.41. The normalized spacial score (nSPS) is 11.1. The van der Waals surface area contributed by atoms with Gasteiger partial charge in [-0.3, -0.25) is 9.69 Å². The van der Waals surface area contributed by atoms with Gasteiger partial charge in [-0.25, -0.2) is 4.39 Å². The number of benzene rings is 2. The van der Waals surface area contributed by atoms with Gasteiger partial charge >= 0.3 is 0 Å². The van der Waals surface area contributed by atoms with Gasteiger partial charge < -0.3 is 9.84 Å². The Morgan fingerprint density at radius 1 is 1.10 bits per heavy atom. The van der Waals surface area contributed by atoms with Crippen molar-refractivity contribution < 1.29 is 13.7 Å². The van der Waals surface area contributed by atoms with Crippen molar-refractivity contribution in [1.82, 2.24) is 20.4 Å². The van der Waals surface area contributed by atoms with E-state index in [0.29, 0.717) is 43.1 Å². The second kappa shape index (κ2) is 11.4. The first-order valence-electron chi connectivity index (χ1n) is 10.7. The fraction of sp³-hybridized carbons (Fsp3) is 0.375. The molecule has 31 heavy (non-hydrogen) atoms. The molecule has 0 bridgehead atoms. The molecular formula is C24H29FN4O2. The fourth-order valence-corrected chi connectivity index (χ4v) is 3.31. The van der Waals surface area contributed by atoms with Gasteiger partial charge in [0.1, 0.15) is 5.82 Å². The molecule has 3 rings (SSSR count). The minimum absolute atomic E-state index is 0.00702. The van der Waals surface area contributed by atoms with Crippen LogP contribution in [0.15, 0.2) is 53.1 Å². The van der Waals surface area contributed by atoms with Gasteiger partial charge in [0, 0.05) is 31.5 Å². The molecule has 0 atom stereocenters. The Kier molecular flexibility index (Phi) is 8.29. The van der Waals surface area contributed by atoms with Crippen molar-refractivity contribution in [2.75, 3.05) is 13.1 Å². The molecule has 1 amide bonds. The van der Waals surface area contributed by atoms with Gasteiger partial charge in [-0.2, -0.15) is 4.98 Å². The number of nitrogens with zero attached hydrogens (tertiary/aromatic N) is 3. The van der Waals surface area contributed by atoms with Gasteiger partial charge in [0.25, 0.3) is 0 Å². The summed E-state index contributed by atoms with van der Waals surface area (Å²) < 4.78 is 18.2. The smallest absolute Gasteiger partial charge is 0.226 e. The highest BCUT2D eigenvalue weighted by molar-refractivity contribution is 5.75. The molecule has 0 aliphatic heterocycles. The predicted molar refractivity (Wildman–Crippen MR) is 118 cm³/mol. The van der Waals surface area contributed by atoms with Crippen LogP contribution >= 0.6 is 0 Å². The molecule has 7 heteroatoms. The molecule has 1 N–H and O–H groups in total. The molecule has 6 nitrogen and oxygen atoms in total. The van der Waals surface area contributed by atoms with Crippen LogP contribution < -0.4 is 5.32 Å². The lowest BCUT2D eigenvalue weighted by molar-refractivity contribution is -0.121. The molecule has 1 aromatic heterocycles. The summed E-state index contributed by atoms with van der Waals surface area (Å²) in [6.07, 6.45) is 1.51. The Morgan fingerprint density at radius 3 is 2.58 bits per heavy atom. The molecule has 0 radical (unpaired) electrons. The van der Waals surface area contributed by atoms with Gasteiger partial charge in [0.15, 0.2) is 0 Å². The lowest BCUT2D eigenvalue weighted by Crippen LogP contribution is -2.23. The molecule has 0 fully saturated rings. The zero-order valence-corrected chi connectivity index (χ0v) is 18.1. The van der Waals surface area contributed by atoms with Crippen molar-refractivity contribution in [3.8, 4) is 11.4 Å². The minimum atomic E-state index is -0.311. The number of carbonyl (C=O) groups excluding carboxylic acids is 1. The number of hydrogen-bond acceptors (Lipinski definition) is 5. The summed E-state index contributed by atoms with van der Waals surface area (Å²) in [4.78, 5) is 18.9. The largest absolute Gasteiger partial charge is 0.352 e. The van der Waals surface area contributed by atoms with Crippen molar-refractivity contribution in [2.24, 2.45) is 0 Å². The van der Waals surface area contributed by atoms with Crippen LogP contribution in [0.1, 0.15) is 43.7 Å². The van der Waals surface area contributed by atoms with Gasteiger partial charge in [-0.05, 0) is 54.9 Å². The molecule has 1 heterocycles. The summed E-state index contributed by atoms with van der Waals surface area (Å²) in [5, 5.41) is 6.89. The van der Waals surface area contributed by atoms with E-state index in [1.807, 2.05) is 12.1 Å². The molecule has 0 unspecified atom stereocenters. The second-order valence-electron chi connectivity index (χ2n) is 7.43. The molecule has 3 aromatic rings. The molecule has 0 saturated carbocycles. The maximum Gasteiger partial charge on any atom is 0.226 e. The Hall–Kier alpha value is -3.06. The van der Waals surface area contributed by atoms with E-state index in [1.165, 1.54) is 17.7 Å². The third kappa shape index (κ3) is 7.00.